The van der Waals surface area contributed by atoms with Gasteiger partial charge in [0.15, 0.2) is 16.5 Å². The van der Waals surface area contributed by atoms with Gasteiger partial charge in [-0.15, -0.1) is 11.3 Å². The van der Waals surface area contributed by atoms with Crippen LogP contribution in [0.4, 0.5) is 0 Å². The first-order chi connectivity index (χ1) is 10.3. The molecule has 110 valence electrons. The number of thiazole rings is 1. The summed E-state index contributed by atoms with van der Waals surface area (Å²) in [7, 11) is 1.64. The van der Waals surface area contributed by atoms with Gasteiger partial charge in [-0.05, 0) is 30.7 Å². The number of hydrogen-bond donors (Lipinski definition) is 1. The average molecular weight is 303 g/mol. The van der Waals surface area contributed by atoms with Gasteiger partial charge < -0.3 is 15.2 Å². The molecule has 0 bridgehead atoms. The highest BCUT2D eigenvalue weighted by Crippen LogP contribution is 2.29. The molecule has 21 heavy (non-hydrogen) atoms. The Bertz CT molecular complexity index is 707. The molecule has 0 aliphatic rings. The molecule has 3 rings (SSSR count). The Kier molecular flexibility index (Phi) is 4.08. The Morgan fingerprint density at radius 2 is 2.24 bits per heavy atom. The Hall–Kier alpha value is -2.05. The summed E-state index contributed by atoms with van der Waals surface area (Å²) in [5, 5.41) is 2.01. The topological polar surface area (TPSA) is 61.8 Å². The Labute approximate surface area is 126 Å². The van der Waals surface area contributed by atoms with Gasteiger partial charge in [0, 0.05) is 17.8 Å². The fraction of sp³-hybridized carbons (Fsp3) is 0.267. The highest BCUT2D eigenvalue weighted by molar-refractivity contribution is 7.15. The molecule has 0 unspecified atom stereocenters. The standard InChI is InChI=1S/C15H17N3O2S/c1-19-14-8-11(4-5-16)2-3-13(14)20-10-12-9-18-6-7-21-15(18)17-12/h2-3,6-9H,4-5,10,16H2,1H3. The smallest absolute Gasteiger partial charge is 0.193 e. The van der Waals surface area contributed by atoms with Crippen LogP contribution in [0.5, 0.6) is 11.5 Å². The maximum Gasteiger partial charge on any atom is 0.193 e. The molecule has 3 aromatic rings. The van der Waals surface area contributed by atoms with Crippen LogP contribution in [0.3, 0.4) is 0 Å². The third-order valence-electron chi connectivity index (χ3n) is 3.18. The number of hydrogen-bond acceptors (Lipinski definition) is 5. The molecule has 6 heteroatoms. The number of fused-ring (bicyclic) bond motifs is 1. The second-order valence-electron chi connectivity index (χ2n) is 4.64. The van der Waals surface area contributed by atoms with E-state index in [1.54, 1.807) is 18.4 Å². The Morgan fingerprint density at radius 3 is 3.00 bits per heavy atom. The summed E-state index contributed by atoms with van der Waals surface area (Å²) < 4.78 is 13.2. The van der Waals surface area contributed by atoms with E-state index in [4.69, 9.17) is 15.2 Å². The lowest BCUT2D eigenvalue weighted by Crippen LogP contribution is -2.03. The molecule has 0 amide bonds. The normalized spacial score (nSPS) is 11.0. The number of ether oxygens (including phenoxy) is 2. The SMILES string of the molecule is COc1cc(CCN)ccc1OCc1cn2ccsc2n1. The highest BCUT2D eigenvalue weighted by Gasteiger charge is 2.08. The quantitative estimate of drug-likeness (QED) is 0.760. The third-order valence-corrected chi connectivity index (χ3v) is 3.95. The summed E-state index contributed by atoms with van der Waals surface area (Å²) >= 11 is 1.60. The fourth-order valence-electron chi connectivity index (χ4n) is 2.15. The van der Waals surface area contributed by atoms with E-state index in [9.17, 15) is 0 Å². The zero-order valence-electron chi connectivity index (χ0n) is 11.8. The van der Waals surface area contributed by atoms with Crippen molar-refractivity contribution in [3.63, 3.8) is 0 Å². The summed E-state index contributed by atoms with van der Waals surface area (Å²) in [5.74, 6) is 1.44. The first-order valence-electron chi connectivity index (χ1n) is 6.71. The predicted octanol–water partition coefficient (Wildman–Crippen LogP) is 2.48. The summed E-state index contributed by atoms with van der Waals surface area (Å²) in [6.07, 6.45) is 4.79. The van der Waals surface area contributed by atoms with Crippen LogP contribution in [0, 0.1) is 0 Å². The van der Waals surface area contributed by atoms with Gasteiger partial charge in [0.25, 0.3) is 0 Å². The van der Waals surface area contributed by atoms with Crippen LogP contribution in [0.15, 0.2) is 36.0 Å². The van der Waals surface area contributed by atoms with E-state index in [0.29, 0.717) is 13.2 Å². The number of aromatic nitrogens is 2. The van der Waals surface area contributed by atoms with Crippen molar-refractivity contribution in [3.8, 4) is 11.5 Å². The number of methoxy groups -OCH3 is 1. The zero-order chi connectivity index (χ0) is 14.7. The van der Waals surface area contributed by atoms with Crippen molar-refractivity contribution >= 4 is 16.3 Å². The summed E-state index contributed by atoms with van der Waals surface area (Å²) in [6, 6.07) is 5.90. The van der Waals surface area contributed by atoms with E-state index in [1.165, 1.54) is 0 Å². The summed E-state index contributed by atoms with van der Waals surface area (Å²) in [6.45, 7) is 1.04. The molecule has 0 atom stereocenters. The maximum absolute atomic E-state index is 5.82. The zero-order valence-corrected chi connectivity index (χ0v) is 12.6. The van der Waals surface area contributed by atoms with Gasteiger partial charge in [0.2, 0.25) is 0 Å². The van der Waals surface area contributed by atoms with Crippen molar-refractivity contribution in [1.29, 1.82) is 0 Å². The molecule has 0 spiro atoms. The molecule has 0 aliphatic heterocycles. The van der Waals surface area contributed by atoms with Gasteiger partial charge in [-0.1, -0.05) is 6.07 Å². The van der Waals surface area contributed by atoms with Gasteiger partial charge in [0.1, 0.15) is 6.61 Å². The largest absolute Gasteiger partial charge is 0.493 e. The van der Waals surface area contributed by atoms with Crippen molar-refractivity contribution in [2.45, 2.75) is 13.0 Å². The molecule has 0 radical (unpaired) electrons. The lowest BCUT2D eigenvalue weighted by Gasteiger charge is -2.11. The van der Waals surface area contributed by atoms with Gasteiger partial charge >= 0.3 is 0 Å². The second-order valence-corrected chi connectivity index (χ2v) is 5.51. The van der Waals surface area contributed by atoms with E-state index < -0.39 is 0 Å². The lowest BCUT2D eigenvalue weighted by atomic mass is 10.1. The van der Waals surface area contributed by atoms with Gasteiger partial charge in [-0.3, -0.25) is 4.40 Å². The molecule has 2 heterocycles. The van der Waals surface area contributed by atoms with E-state index >= 15 is 0 Å². The summed E-state index contributed by atoms with van der Waals surface area (Å²) in [4.78, 5) is 5.46. The molecule has 1 aromatic carbocycles. The third kappa shape index (κ3) is 3.01. The fourth-order valence-corrected chi connectivity index (χ4v) is 2.87. The molecular formula is C15H17N3O2S. The first kappa shape index (κ1) is 13.9. The number of benzene rings is 1. The van der Waals surface area contributed by atoms with Crippen LogP contribution in [0.2, 0.25) is 0 Å². The lowest BCUT2D eigenvalue weighted by molar-refractivity contribution is 0.281. The van der Waals surface area contributed by atoms with E-state index in [1.807, 2.05) is 40.4 Å². The Balaban J connectivity index is 1.73. The minimum Gasteiger partial charge on any atom is -0.493 e. The minimum absolute atomic E-state index is 0.418. The van der Waals surface area contributed by atoms with Crippen LogP contribution < -0.4 is 15.2 Å². The van der Waals surface area contributed by atoms with E-state index in [0.717, 1.165) is 34.1 Å². The average Bonchev–Trinajstić information content (AvgIpc) is 3.07. The number of nitrogens with zero attached hydrogens (tertiary/aromatic N) is 2. The number of nitrogens with two attached hydrogens (primary N) is 1. The predicted molar refractivity (Wildman–Crippen MR) is 83.2 cm³/mol. The summed E-state index contributed by atoms with van der Waals surface area (Å²) in [5.41, 5.74) is 7.61. The molecule has 2 aromatic heterocycles. The molecule has 5 nitrogen and oxygen atoms in total. The van der Waals surface area contributed by atoms with Crippen molar-refractivity contribution in [2.24, 2.45) is 5.73 Å². The number of rotatable bonds is 6. The monoisotopic (exact) mass is 303 g/mol. The first-order valence-corrected chi connectivity index (χ1v) is 7.59. The maximum atomic E-state index is 5.82. The van der Waals surface area contributed by atoms with Gasteiger partial charge in [-0.2, -0.15) is 0 Å². The van der Waals surface area contributed by atoms with Crippen LogP contribution in [0.25, 0.3) is 4.96 Å². The minimum atomic E-state index is 0.418. The van der Waals surface area contributed by atoms with Gasteiger partial charge in [0.05, 0.1) is 12.8 Å². The van der Waals surface area contributed by atoms with Crippen molar-refractivity contribution in [3.05, 3.63) is 47.2 Å². The van der Waals surface area contributed by atoms with Gasteiger partial charge in [-0.25, -0.2) is 4.98 Å². The molecule has 0 fully saturated rings. The number of imidazole rings is 1. The molecule has 2 N–H and O–H groups in total. The van der Waals surface area contributed by atoms with E-state index in [2.05, 4.69) is 4.98 Å². The van der Waals surface area contributed by atoms with Crippen LogP contribution in [-0.4, -0.2) is 23.0 Å². The molecule has 0 aliphatic carbocycles. The van der Waals surface area contributed by atoms with Crippen LogP contribution >= 0.6 is 11.3 Å². The molecular weight excluding hydrogens is 286 g/mol. The van der Waals surface area contributed by atoms with Crippen molar-refractivity contribution in [1.82, 2.24) is 9.38 Å². The van der Waals surface area contributed by atoms with Crippen molar-refractivity contribution < 1.29 is 9.47 Å². The molecule has 0 saturated heterocycles. The van der Waals surface area contributed by atoms with Crippen LogP contribution in [0.1, 0.15) is 11.3 Å². The second kappa shape index (κ2) is 6.15. The Morgan fingerprint density at radius 1 is 1.33 bits per heavy atom. The van der Waals surface area contributed by atoms with Crippen LogP contribution in [-0.2, 0) is 13.0 Å². The molecule has 0 saturated carbocycles. The highest BCUT2D eigenvalue weighted by atomic mass is 32.1. The van der Waals surface area contributed by atoms with E-state index in [-0.39, 0.29) is 0 Å². The van der Waals surface area contributed by atoms with Crippen molar-refractivity contribution in [2.75, 3.05) is 13.7 Å².